The Morgan fingerprint density at radius 3 is 2.95 bits per heavy atom. The number of carbonyl (C=O) groups excluding carboxylic acids is 1. The lowest BCUT2D eigenvalue weighted by molar-refractivity contribution is 0.0951. The summed E-state index contributed by atoms with van der Waals surface area (Å²) in [6.45, 7) is 2.11. The van der Waals surface area contributed by atoms with Crippen molar-refractivity contribution < 1.29 is 4.79 Å². The Kier molecular flexibility index (Phi) is 3.97. The van der Waals surface area contributed by atoms with Crippen LogP contribution in [-0.2, 0) is 6.54 Å². The highest BCUT2D eigenvalue weighted by molar-refractivity contribution is 6.31. The van der Waals surface area contributed by atoms with Crippen LogP contribution < -0.4 is 11.1 Å². The van der Waals surface area contributed by atoms with Crippen LogP contribution in [0.4, 0.5) is 5.69 Å². The van der Waals surface area contributed by atoms with Crippen LogP contribution in [0.25, 0.3) is 0 Å². The number of nitrogen functional groups attached to an aromatic ring is 1. The average Bonchev–Trinajstić information content (AvgIpc) is 2.39. The maximum atomic E-state index is 12.0. The van der Waals surface area contributed by atoms with Crippen LogP contribution in [0.5, 0.6) is 0 Å². The van der Waals surface area contributed by atoms with Crippen molar-refractivity contribution in [2.45, 2.75) is 13.5 Å². The van der Waals surface area contributed by atoms with Crippen molar-refractivity contribution >= 4 is 23.2 Å². The van der Waals surface area contributed by atoms with Gasteiger partial charge in [0.15, 0.2) is 0 Å². The van der Waals surface area contributed by atoms with Crippen LogP contribution in [0.2, 0.25) is 5.02 Å². The van der Waals surface area contributed by atoms with Gasteiger partial charge in [0.25, 0.3) is 5.91 Å². The third kappa shape index (κ3) is 3.42. The van der Waals surface area contributed by atoms with Crippen LogP contribution in [0, 0.1) is 6.92 Å². The molecule has 1 heterocycles. The second-order valence-corrected chi connectivity index (χ2v) is 4.45. The fourth-order valence-electron chi connectivity index (χ4n) is 1.59. The first kappa shape index (κ1) is 13.3. The third-order valence-electron chi connectivity index (χ3n) is 2.52. The number of rotatable bonds is 3. The third-order valence-corrected chi connectivity index (χ3v) is 2.76. The van der Waals surface area contributed by atoms with E-state index in [1.165, 1.54) is 6.07 Å². The normalized spacial score (nSPS) is 10.2. The van der Waals surface area contributed by atoms with Crippen molar-refractivity contribution in [2.24, 2.45) is 0 Å². The molecule has 1 amide bonds. The Bertz CT molecular complexity index is 615. The van der Waals surface area contributed by atoms with E-state index in [-0.39, 0.29) is 5.91 Å². The van der Waals surface area contributed by atoms with Crippen molar-refractivity contribution in [1.82, 2.24) is 15.3 Å². The summed E-state index contributed by atoms with van der Waals surface area (Å²) < 4.78 is 0. The van der Waals surface area contributed by atoms with E-state index in [4.69, 9.17) is 17.3 Å². The van der Waals surface area contributed by atoms with E-state index in [0.29, 0.717) is 28.6 Å². The van der Waals surface area contributed by atoms with Crippen LogP contribution >= 0.6 is 11.6 Å². The number of benzene rings is 1. The number of nitrogens with zero attached hydrogens (tertiary/aromatic N) is 2. The van der Waals surface area contributed by atoms with Gasteiger partial charge in [0.05, 0.1) is 17.8 Å². The minimum absolute atomic E-state index is 0.281. The first-order valence-electron chi connectivity index (χ1n) is 5.68. The minimum Gasteiger partial charge on any atom is -0.398 e. The smallest absolute Gasteiger partial charge is 0.253 e. The number of aryl methyl sites for hydroxylation is 1. The molecule has 3 N–H and O–H groups in total. The maximum absolute atomic E-state index is 12.0. The molecular formula is C13H13ClN4O. The Balaban J connectivity index is 2.07. The van der Waals surface area contributed by atoms with Gasteiger partial charge in [-0.05, 0) is 31.2 Å². The molecule has 0 aliphatic heterocycles. The number of hydrogen-bond acceptors (Lipinski definition) is 4. The molecule has 6 heteroatoms. The zero-order chi connectivity index (χ0) is 13.8. The highest BCUT2D eigenvalue weighted by Crippen LogP contribution is 2.17. The molecule has 1 aromatic carbocycles. The van der Waals surface area contributed by atoms with Crippen molar-refractivity contribution in [1.29, 1.82) is 0 Å². The number of anilines is 1. The molecule has 0 saturated carbocycles. The molecule has 0 aliphatic rings. The molecular weight excluding hydrogens is 264 g/mol. The van der Waals surface area contributed by atoms with Gasteiger partial charge in [-0.15, -0.1) is 0 Å². The van der Waals surface area contributed by atoms with Gasteiger partial charge in [0.2, 0.25) is 0 Å². The number of aromatic nitrogens is 2. The lowest BCUT2D eigenvalue weighted by Crippen LogP contribution is -2.24. The zero-order valence-electron chi connectivity index (χ0n) is 10.4. The quantitative estimate of drug-likeness (QED) is 0.840. The molecule has 0 atom stereocenters. The lowest BCUT2D eigenvalue weighted by atomic mass is 10.1. The van der Waals surface area contributed by atoms with E-state index in [1.807, 2.05) is 0 Å². The molecule has 19 heavy (non-hydrogen) atoms. The van der Waals surface area contributed by atoms with Crippen LogP contribution in [0.1, 0.15) is 21.9 Å². The van der Waals surface area contributed by atoms with Crippen LogP contribution in [-0.4, -0.2) is 15.9 Å². The fourth-order valence-corrected chi connectivity index (χ4v) is 1.77. The highest BCUT2D eigenvalue weighted by atomic mass is 35.5. The number of halogens is 1. The van der Waals surface area contributed by atoms with Gasteiger partial charge >= 0.3 is 0 Å². The molecule has 1 aromatic heterocycles. The fraction of sp³-hybridized carbons (Fsp3) is 0.154. The Hall–Kier alpha value is -2.14. The second-order valence-electron chi connectivity index (χ2n) is 4.01. The molecule has 0 radical (unpaired) electrons. The molecule has 0 saturated heterocycles. The Labute approximate surface area is 115 Å². The molecule has 0 unspecified atom stereocenters. The molecule has 0 spiro atoms. The Morgan fingerprint density at radius 2 is 2.21 bits per heavy atom. The highest BCUT2D eigenvalue weighted by Gasteiger charge is 2.10. The van der Waals surface area contributed by atoms with Gasteiger partial charge in [0.1, 0.15) is 5.82 Å². The standard InChI is InChI=1S/C13H13ClN4O/c1-8-16-5-4-10(18-8)7-17-13(19)11-6-9(14)2-3-12(11)15/h2-6H,7,15H2,1H3,(H,17,19). The summed E-state index contributed by atoms with van der Waals surface area (Å²) in [4.78, 5) is 20.2. The van der Waals surface area contributed by atoms with Gasteiger partial charge in [0, 0.05) is 16.9 Å². The van der Waals surface area contributed by atoms with Crippen molar-refractivity contribution in [2.75, 3.05) is 5.73 Å². The van der Waals surface area contributed by atoms with E-state index in [0.717, 1.165) is 5.69 Å². The van der Waals surface area contributed by atoms with Crippen molar-refractivity contribution in [3.8, 4) is 0 Å². The summed E-state index contributed by atoms with van der Waals surface area (Å²) in [5, 5.41) is 3.21. The van der Waals surface area contributed by atoms with E-state index in [9.17, 15) is 4.79 Å². The SMILES string of the molecule is Cc1nccc(CNC(=O)c2cc(Cl)ccc2N)n1. The Morgan fingerprint density at radius 1 is 1.42 bits per heavy atom. The predicted octanol–water partition coefficient (Wildman–Crippen LogP) is 1.95. The monoisotopic (exact) mass is 276 g/mol. The zero-order valence-corrected chi connectivity index (χ0v) is 11.1. The summed E-state index contributed by atoms with van der Waals surface area (Å²) in [7, 11) is 0. The average molecular weight is 277 g/mol. The molecule has 0 bridgehead atoms. The van der Waals surface area contributed by atoms with Gasteiger partial charge in [-0.2, -0.15) is 0 Å². The summed E-state index contributed by atoms with van der Waals surface area (Å²) in [5.41, 5.74) is 7.22. The molecule has 2 rings (SSSR count). The molecule has 0 fully saturated rings. The predicted molar refractivity (Wildman–Crippen MR) is 73.8 cm³/mol. The van der Waals surface area contributed by atoms with E-state index >= 15 is 0 Å². The number of carbonyl (C=O) groups is 1. The number of nitrogens with two attached hydrogens (primary N) is 1. The molecule has 5 nitrogen and oxygen atoms in total. The largest absolute Gasteiger partial charge is 0.398 e. The minimum atomic E-state index is -0.281. The summed E-state index contributed by atoms with van der Waals surface area (Å²) in [5.74, 6) is 0.380. The number of nitrogens with one attached hydrogen (secondary N) is 1. The summed E-state index contributed by atoms with van der Waals surface area (Å²) >= 11 is 5.84. The van der Waals surface area contributed by atoms with E-state index in [2.05, 4.69) is 15.3 Å². The first-order valence-corrected chi connectivity index (χ1v) is 6.06. The van der Waals surface area contributed by atoms with Crippen molar-refractivity contribution in [3.63, 3.8) is 0 Å². The van der Waals surface area contributed by atoms with Gasteiger partial charge < -0.3 is 11.1 Å². The van der Waals surface area contributed by atoms with Gasteiger partial charge in [-0.1, -0.05) is 11.6 Å². The topological polar surface area (TPSA) is 80.9 Å². The van der Waals surface area contributed by atoms with Crippen LogP contribution in [0.15, 0.2) is 30.5 Å². The molecule has 0 aliphatic carbocycles. The summed E-state index contributed by atoms with van der Waals surface area (Å²) in [6, 6.07) is 6.53. The van der Waals surface area contributed by atoms with Gasteiger partial charge in [-0.3, -0.25) is 4.79 Å². The summed E-state index contributed by atoms with van der Waals surface area (Å²) in [6.07, 6.45) is 1.65. The van der Waals surface area contributed by atoms with Crippen molar-refractivity contribution in [3.05, 3.63) is 52.6 Å². The van der Waals surface area contributed by atoms with Gasteiger partial charge in [-0.25, -0.2) is 9.97 Å². The number of hydrogen-bond donors (Lipinski definition) is 2. The first-order chi connectivity index (χ1) is 9.06. The number of amides is 1. The lowest BCUT2D eigenvalue weighted by Gasteiger charge is -2.07. The molecule has 98 valence electrons. The maximum Gasteiger partial charge on any atom is 0.253 e. The second kappa shape index (κ2) is 5.67. The van der Waals surface area contributed by atoms with E-state index in [1.54, 1.807) is 31.3 Å². The van der Waals surface area contributed by atoms with E-state index < -0.39 is 0 Å². The molecule has 2 aromatic rings. The van der Waals surface area contributed by atoms with Crippen LogP contribution in [0.3, 0.4) is 0 Å².